The Labute approximate surface area is 162 Å². The minimum atomic E-state index is 0.605. The van der Waals surface area contributed by atoms with Crippen molar-refractivity contribution < 1.29 is 4.74 Å². The van der Waals surface area contributed by atoms with E-state index in [2.05, 4.69) is 47.3 Å². The summed E-state index contributed by atoms with van der Waals surface area (Å²) in [5, 5.41) is 2.14. The van der Waals surface area contributed by atoms with Crippen LogP contribution in [0.1, 0.15) is 42.3 Å². The molecule has 1 fully saturated rings. The quantitative estimate of drug-likeness (QED) is 0.415. The molecule has 0 aliphatic heterocycles. The molecule has 4 aromatic rings. The highest BCUT2D eigenvalue weighted by Crippen LogP contribution is 2.44. The van der Waals surface area contributed by atoms with Crippen LogP contribution in [0.2, 0.25) is 0 Å². The number of hydrogen-bond donors (Lipinski definition) is 0. The molecule has 1 saturated carbocycles. The Morgan fingerprint density at radius 2 is 2.00 bits per heavy atom. The number of rotatable bonds is 7. The van der Waals surface area contributed by atoms with Crippen LogP contribution < -0.4 is 0 Å². The lowest BCUT2D eigenvalue weighted by Crippen LogP contribution is -2.02. The van der Waals surface area contributed by atoms with Gasteiger partial charge in [-0.25, -0.2) is 9.97 Å². The predicted octanol–water partition coefficient (Wildman–Crippen LogP) is 5.21. The lowest BCUT2D eigenvalue weighted by Gasteiger charge is -2.05. The molecule has 138 valence electrons. The van der Waals surface area contributed by atoms with Crippen molar-refractivity contribution in [2.24, 2.45) is 7.05 Å². The lowest BCUT2D eigenvalue weighted by molar-refractivity contribution is 0.118. The molecule has 4 nitrogen and oxygen atoms in total. The van der Waals surface area contributed by atoms with Crippen molar-refractivity contribution in [1.29, 1.82) is 0 Å². The number of thiophene rings is 1. The molecule has 5 rings (SSSR count). The third-order valence-electron chi connectivity index (χ3n) is 5.30. The molecule has 3 heterocycles. The van der Waals surface area contributed by atoms with Gasteiger partial charge in [0, 0.05) is 26.0 Å². The molecular weight excluding hydrogens is 354 g/mol. The van der Waals surface area contributed by atoms with E-state index in [-0.39, 0.29) is 0 Å². The molecule has 3 aromatic heterocycles. The SMILES string of the molecule is Cn1c(CCCOCc2ccccc2)nc2c(C3CC3)nc3ccsc3c21. The summed E-state index contributed by atoms with van der Waals surface area (Å²) in [6.45, 7) is 1.43. The van der Waals surface area contributed by atoms with Crippen molar-refractivity contribution in [3.05, 3.63) is 58.9 Å². The van der Waals surface area contributed by atoms with Gasteiger partial charge in [-0.3, -0.25) is 0 Å². The van der Waals surface area contributed by atoms with Crippen LogP contribution >= 0.6 is 11.3 Å². The zero-order chi connectivity index (χ0) is 18.2. The summed E-state index contributed by atoms with van der Waals surface area (Å²) in [6.07, 6.45) is 4.40. The molecule has 1 aromatic carbocycles. The van der Waals surface area contributed by atoms with Gasteiger partial charge in [0.25, 0.3) is 0 Å². The summed E-state index contributed by atoms with van der Waals surface area (Å²) in [6, 6.07) is 12.5. The number of aromatic nitrogens is 3. The van der Waals surface area contributed by atoms with Crippen LogP contribution in [-0.2, 0) is 24.8 Å². The molecule has 0 atom stereocenters. The summed E-state index contributed by atoms with van der Waals surface area (Å²) in [4.78, 5) is 9.94. The van der Waals surface area contributed by atoms with Crippen LogP contribution in [0.3, 0.4) is 0 Å². The second-order valence-electron chi connectivity index (χ2n) is 7.33. The molecule has 0 spiro atoms. The van der Waals surface area contributed by atoms with Gasteiger partial charge in [-0.15, -0.1) is 11.3 Å². The van der Waals surface area contributed by atoms with E-state index in [9.17, 15) is 0 Å². The van der Waals surface area contributed by atoms with E-state index in [1.807, 2.05) is 6.07 Å². The van der Waals surface area contributed by atoms with Crippen LogP contribution in [0.5, 0.6) is 0 Å². The van der Waals surface area contributed by atoms with Gasteiger partial charge in [-0.2, -0.15) is 0 Å². The van der Waals surface area contributed by atoms with Gasteiger partial charge in [-0.05, 0) is 36.3 Å². The summed E-state index contributed by atoms with van der Waals surface area (Å²) in [7, 11) is 2.14. The highest BCUT2D eigenvalue weighted by atomic mass is 32.1. The minimum Gasteiger partial charge on any atom is -0.377 e. The van der Waals surface area contributed by atoms with E-state index in [0.29, 0.717) is 12.5 Å². The molecule has 5 heteroatoms. The van der Waals surface area contributed by atoms with E-state index < -0.39 is 0 Å². The monoisotopic (exact) mass is 377 g/mol. The predicted molar refractivity (Wildman–Crippen MR) is 110 cm³/mol. The number of fused-ring (bicyclic) bond motifs is 3. The molecule has 27 heavy (non-hydrogen) atoms. The molecule has 0 radical (unpaired) electrons. The molecular formula is C22H23N3OS. The molecule has 0 bridgehead atoms. The summed E-state index contributed by atoms with van der Waals surface area (Å²) < 4.78 is 9.37. The van der Waals surface area contributed by atoms with Crippen LogP contribution in [0, 0.1) is 0 Å². The van der Waals surface area contributed by atoms with Gasteiger partial charge >= 0.3 is 0 Å². The van der Waals surface area contributed by atoms with Crippen LogP contribution in [0.4, 0.5) is 0 Å². The van der Waals surface area contributed by atoms with E-state index >= 15 is 0 Å². The average Bonchev–Trinajstić information content (AvgIpc) is 3.34. The van der Waals surface area contributed by atoms with Gasteiger partial charge in [-0.1, -0.05) is 30.3 Å². The maximum Gasteiger partial charge on any atom is 0.112 e. The highest BCUT2D eigenvalue weighted by Gasteiger charge is 2.30. The topological polar surface area (TPSA) is 39.9 Å². The average molecular weight is 378 g/mol. The van der Waals surface area contributed by atoms with Gasteiger partial charge in [0.05, 0.1) is 28.0 Å². The number of ether oxygens (including phenoxy) is 1. The third-order valence-corrected chi connectivity index (χ3v) is 6.21. The van der Waals surface area contributed by atoms with Gasteiger partial charge < -0.3 is 9.30 Å². The number of imidazole rings is 1. The van der Waals surface area contributed by atoms with Crippen molar-refractivity contribution in [2.75, 3.05) is 6.61 Å². The van der Waals surface area contributed by atoms with Crippen molar-refractivity contribution in [3.8, 4) is 0 Å². The second-order valence-corrected chi connectivity index (χ2v) is 8.25. The summed E-state index contributed by atoms with van der Waals surface area (Å²) in [5.41, 5.74) is 5.93. The Kier molecular flexibility index (Phi) is 4.42. The first kappa shape index (κ1) is 16.9. The zero-order valence-electron chi connectivity index (χ0n) is 15.5. The van der Waals surface area contributed by atoms with Gasteiger partial charge in [0.15, 0.2) is 0 Å². The molecule has 0 unspecified atom stereocenters. The normalized spacial score (nSPS) is 14.4. The largest absolute Gasteiger partial charge is 0.377 e. The fourth-order valence-electron chi connectivity index (χ4n) is 3.70. The Hall–Kier alpha value is -2.24. The van der Waals surface area contributed by atoms with Crippen molar-refractivity contribution in [1.82, 2.24) is 14.5 Å². The number of nitrogens with zero attached hydrogens (tertiary/aromatic N) is 3. The van der Waals surface area contributed by atoms with Gasteiger partial charge in [0.1, 0.15) is 11.3 Å². The van der Waals surface area contributed by atoms with Crippen LogP contribution in [-0.4, -0.2) is 21.1 Å². The maximum absolute atomic E-state index is 5.84. The molecule has 0 N–H and O–H groups in total. The lowest BCUT2D eigenvalue weighted by atomic mass is 10.2. The number of pyridine rings is 1. The Balaban J connectivity index is 1.33. The molecule has 0 saturated heterocycles. The Morgan fingerprint density at radius 3 is 2.81 bits per heavy atom. The second kappa shape index (κ2) is 7.06. The smallest absolute Gasteiger partial charge is 0.112 e. The van der Waals surface area contributed by atoms with Crippen molar-refractivity contribution in [2.45, 2.75) is 38.2 Å². The molecule has 1 aliphatic carbocycles. The summed E-state index contributed by atoms with van der Waals surface area (Å²) >= 11 is 1.77. The van der Waals surface area contributed by atoms with E-state index in [1.165, 1.54) is 34.3 Å². The first-order chi connectivity index (χ1) is 13.3. The number of benzene rings is 1. The molecule has 1 aliphatic rings. The van der Waals surface area contributed by atoms with Crippen LogP contribution in [0.25, 0.3) is 21.3 Å². The Morgan fingerprint density at radius 1 is 1.15 bits per heavy atom. The van der Waals surface area contributed by atoms with E-state index in [4.69, 9.17) is 14.7 Å². The van der Waals surface area contributed by atoms with E-state index in [0.717, 1.165) is 36.3 Å². The fourth-order valence-corrected chi connectivity index (χ4v) is 4.61. The fraction of sp³-hybridized carbons (Fsp3) is 0.364. The minimum absolute atomic E-state index is 0.605. The Bertz CT molecular complexity index is 1080. The van der Waals surface area contributed by atoms with Crippen molar-refractivity contribution >= 4 is 32.6 Å². The molecule has 0 amide bonds. The first-order valence-corrected chi connectivity index (χ1v) is 10.5. The first-order valence-electron chi connectivity index (χ1n) is 9.65. The highest BCUT2D eigenvalue weighted by molar-refractivity contribution is 7.18. The standard InChI is InChI=1S/C22H23N3OS/c1-25-18(8-5-12-26-14-15-6-3-2-4-7-15)24-20-19(16-9-10-16)23-17-11-13-27-22(17)21(20)25/h2-4,6-7,11,13,16H,5,8-10,12,14H2,1H3. The van der Waals surface area contributed by atoms with E-state index in [1.54, 1.807) is 11.3 Å². The maximum atomic E-state index is 5.84. The summed E-state index contributed by atoms with van der Waals surface area (Å²) in [5.74, 6) is 1.74. The van der Waals surface area contributed by atoms with Crippen LogP contribution in [0.15, 0.2) is 41.8 Å². The zero-order valence-corrected chi connectivity index (χ0v) is 16.3. The number of aryl methyl sites for hydroxylation is 2. The number of hydrogen-bond acceptors (Lipinski definition) is 4. The third kappa shape index (κ3) is 3.26. The van der Waals surface area contributed by atoms with Crippen molar-refractivity contribution in [3.63, 3.8) is 0 Å². The van der Waals surface area contributed by atoms with Gasteiger partial charge in [0.2, 0.25) is 0 Å².